The molecule has 0 radical (unpaired) electrons. The van der Waals surface area contributed by atoms with Crippen LogP contribution in [0.2, 0.25) is 0 Å². The van der Waals surface area contributed by atoms with Crippen LogP contribution >= 0.6 is 0 Å². The van der Waals surface area contributed by atoms with Gasteiger partial charge in [0, 0.05) is 12.5 Å². The van der Waals surface area contributed by atoms with E-state index >= 15 is 0 Å². The molecule has 4 rings (SSSR count). The number of hydrogen-bond donors (Lipinski definition) is 1. The highest BCUT2D eigenvalue weighted by Crippen LogP contribution is 2.26. The van der Waals surface area contributed by atoms with E-state index in [1.54, 1.807) is 24.3 Å². The van der Waals surface area contributed by atoms with E-state index in [2.05, 4.69) is 5.32 Å². The molecule has 1 fully saturated rings. The average Bonchev–Trinajstić information content (AvgIpc) is 2.91. The molecule has 1 saturated carbocycles. The van der Waals surface area contributed by atoms with Gasteiger partial charge in [-0.25, -0.2) is 0 Å². The van der Waals surface area contributed by atoms with E-state index in [-0.39, 0.29) is 23.8 Å². The van der Waals surface area contributed by atoms with Crippen molar-refractivity contribution < 1.29 is 14.4 Å². The summed E-state index contributed by atoms with van der Waals surface area (Å²) in [4.78, 5) is 40.5. The van der Waals surface area contributed by atoms with E-state index in [4.69, 9.17) is 0 Å². The van der Waals surface area contributed by atoms with Gasteiger partial charge in [-0.15, -0.1) is 0 Å². The molecule has 0 aromatic heterocycles. The maximum Gasteiger partial charge on any atom is 0.262 e. The summed E-state index contributed by atoms with van der Waals surface area (Å²) in [7, 11) is 0. The highest BCUT2D eigenvalue weighted by atomic mass is 16.2. The van der Waals surface area contributed by atoms with Crippen molar-refractivity contribution >= 4 is 17.7 Å². The third kappa shape index (κ3) is 4.09. The quantitative estimate of drug-likeness (QED) is 0.625. The Morgan fingerprint density at radius 1 is 0.862 bits per heavy atom. The summed E-state index contributed by atoms with van der Waals surface area (Å²) in [6.45, 7) is 0. The summed E-state index contributed by atoms with van der Waals surface area (Å²) in [5, 5.41) is 3.14. The lowest BCUT2D eigenvalue weighted by Gasteiger charge is -2.28. The average molecular weight is 390 g/mol. The Labute approximate surface area is 171 Å². The summed E-state index contributed by atoms with van der Waals surface area (Å²) in [5.74, 6) is -1.01. The van der Waals surface area contributed by atoms with Gasteiger partial charge in [0.2, 0.25) is 5.91 Å². The number of nitrogens with one attached hydrogen (secondary N) is 1. The number of amides is 3. The summed E-state index contributed by atoms with van der Waals surface area (Å²) < 4.78 is 0. The minimum absolute atomic E-state index is 0.110. The first kappa shape index (κ1) is 19.4. The van der Waals surface area contributed by atoms with Crippen LogP contribution in [0, 0.1) is 0 Å². The van der Waals surface area contributed by atoms with Crippen molar-refractivity contribution in [3.63, 3.8) is 0 Å². The maximum absolute atomic E-state index is 13.3. The van der Waals surface area contributed by atoms with Crippen LogP contribution in [0.25, 0.3) is 0 Å². The summed E-state index contributed by atoms with van der Waals surface area (Å²) in [6, 6.07) is 15.6. The predicted molar refractivity (Wildman–Crippen MR) is 111 cm³/mol. The van der Waals surface area contributed by atoms with Gasteiger partial charge >= 0.3 is 0 Å². The molecular formula is C24H26N2O3. The molecule has 1 aliphatic carbocycles. The first-order valence-corrected chi connectivity index (χ1v) is 10.5. The van der Waals surface area contributed by atoms with E-state index in [0.29, 0.717) is 17.5 Å². The highest BCUT2D eigenvalue weighted by molar-refractivity contribution is 6.22. The van der Waals surface area contributed by atoms with E-state index in [1.807, 2.05) is 30.3 Å². The number of benzene rings is 2. The van der Waals surface area contributed by atoms with Gasteiger partial charge in [0.25, 0.3) is 11.8 Å². The molecule has 0 saturated heterocycles. The Morgan fingerprint density at radius 2 is 1.41 bits per heavy atom. The Bertz CT molecular complexity index is 866. The Kier molecular flexibility index (Phi) is 5.74. The normalized spacial score (nSPS) is 18.3. The van der Waals surface area contributed by atoms with Gasteiger partial charge in [-0.1, -0.05) is 68.1 Å². The summed E-state index contributed by atoms with van der Waals surface area (Å²) in [6.07, 6.45) is 6.79. The van der Waals surface area contributed by atoms with Crippen molar-refractivity contribution in [2.45, 2.75) is 57.0 Å². The molecule has 0 bridgehead atoms. The second-order valence-electron chi connectivity index (χ2n) is 7.93. The minimum Gasteiger partial charge on any atom is -0.352 e. The highest BCUT2D eigenvalue weighted by Gasteiger charge is 2.42. The Morgan fingerprint density at radius 3 is 2.00 bits per heavy atom. The second kappa shape index (κ2) is 8.60. The van der Waals surface area contributed by atoms with Crippen molar-refractivity contribution in [2.75, 3.05) is 0 Å². The summed E-state index contributed by atoms with van der Waals surface area (Å²) >= 11 is 0. The number of carbonyl (C=O) groups excluding carboxylic acids is 3. The number of hydrogen-bond acceptors (Lipinski definition) is 3. The van der Waals surface area contributed by atoms with Crippen molar-refractivity contribution in [1.82, 2.24) is 10.2 Å². The van der Waals surface area contributed by atoms with Gasteiger partial charge in [0.05, 0.1) is 11.1 Å². The standard InChI is InChI=1S/C24H26N2O3/c27-22(25-18-12-6-1-2-7-13-18)21(16-17-10-4-3-5-11-17)26-23(28)19-14-8-9-15-20(19)24(26)29/h3-5,8-11,14-15,18,21H,1-2,6-7,12-13,16H2,(H,25,27)/t21-/m0/s1. The van der Waals surface area contributed by atoms with Gasteiger partial charge in [0.15, 0.2) is 0 Å². The van der Waals surface area contributed by atoms with Crippen molar-refractivity contribution in [2.24, 2.45) is 0 Å². The molecule has 1 aliphatic heterocycles. The number of rotatable bonds is 5. The monoisotopic (exact) mass is 390 g/mol. The molecule has 0 spiro atoms. The van der Waals surface area contributed by atoms with Gasteiger partial charge in [-0.2, -0.15) is 0 Å². The SMILES string of the molecule is O=C(NC1CCCCCC1)[C@H](Cc1ccccc1)N1C(=O)c2ccccc2C1=O. The molecule has 150 valence electrons. The largest absolute Gasteiger partial charge is 0.352 e. The maximum atomic E-state index is 13.3. The molecule has 1 atom stereocenters. The lowest BCUT2D eigenvalue weighted by atomic mass is 10.0. The Balaban J connectivity index is 1.61. The molecule has 5 heteroatoms. The van der Waals surface area contributed by atoms with Crippen LogP contribution in [0.15, 0.2) is 54.6 Å². The van der Waals surface area contributed by atoms with E-state index in [9.17, 15) is 14.4 Å². The third-order valence-electron chi connectivity index (χ3n) is 5.91. The van der Waals surface area contributed by atoms with Crippen LogP contribution < -0.4 is 5.32 Å². The van der Waals surface area contributed by atoms with Crippen molar-refractivity contribution in [3.8, 4) is 0 Å². The number of nitrogens with zero attached hydrogens (tertiary/aromatic N) is 1. The Hall–Kier alpha value is -2.95. The van der Waals surface area contributed by atoms with Crippen LogP contribution in [0.4, 0.5) is 0 Å². The number of fused-ring (bicyclic) bond motifs is 1. The zero-order valence-electron chi connectivity index (χ0n) is 16.5. The molecule has 1 heterocycles. The molecule has 2 aliphatic rings. The molecule has 2 aromatic rings. The summed E-state index contributed by atoms with van der Waals surface area (Å²) in [5.41, 5.74) is 1.67. The predicted octanol–water partition coefficient (Wildman–Crippen LogP) is 3.73. The van der Waals surface area contributed by atoms with Crippen molar-refractivity contribution in [1.29, 1.82) is 0 Å². The molecule has 0 unspecified atom stereocenters. The van der Waals surface area contributed by atoms with Crippen LogP contribution in [0.1, 0.15) is 64.8 Å². The van der Waals surface area contributed by atoms with E-state index in [1.165, 1.54) is 12.8 Å². The topological polar surface area (TPSA) is 66.5 Å². The number of imide groups is 1. The lowest BCUT2D eigenvalue weighted by molar-refractivity contribution is -0.125. The minimum atomic E-state index is -0.854. The zero-order valence-corrected chi connectivity index (χ0v) is 16.5. The first-order chi connectivity index (χ1) is 14.1. The lowest BCUT2D eigenvalue weighted by Crippen LogP contribution is -2.52. The van der Waals surface area contributed by atoms with Crippen LogP contribution in [0.3, 0.4) is 0 Å². The third-order valence-corrected chi connectivity index (χ3v) is 5.91. The van der Waals surface area contributed by atoms with E-state index < -0.39 is 6.04 Å². The van der Waals surface area contributed by atoms with Crippen LogP contribution in [-0.4, -0.2) is 34.7 Å². The first-order valence-electron chi connectivity index (χ1n) is 10.5. The second-order valence-corrected chi connectivity index (χ2v) is 7.93. The molecule has 2 aromatic carbocycles. The fourth-order valence-corrected chi connectivity index (χ4v) is 4.35. The molecule has 1 N–H and O–H groups in total. The fraction of sp³-hybridized carbons (Fsp3) is 0.375. The fourth-order valence-electron chi connectivity index (χ4n) is 4.35. The molecule has 5 nitrogen and oxygen atoms in total. The van der Waals surface area contributed by atoms with Gasteiger partial charge in [-0.3, -0.25) is 19.3 Å². The van der Waals surface area contributed by atoms with Crippen LogP contribution in [0.5, 0.6) is 0 Å². The molecular weight excluding hydrogens is 364 g/mol. The van der Waals surface area contributed by atoms with E-state index in [0.717, 1.165) is 36.1 Å². The van der Waals surface area contributed by atoms with Crippen molar-refractivity contribution in [3.05, 3.63) is 71.3 Å². The van der Waals surface area contributed by atoms with Gasteiger partial charge in [-0.05, 0) is 30.5 Å². The van der Waals surface area contributed by atoms with Gasteiger partial charge < -0.3 is 5.32 Å². The number of carbonyl (C=O) groups is 3. The smallest absolute Gasteiger partial charge is 0.262 e. The zero-order chi connectivity index (χ0) is 20.2. The molecule has 3 amide bonds. The van der Waals surface area contributed by atoms with Gasteiger partial charge in [0.1, 0.15) is 6.04 Å². The molecule has 29 heavy (non-hydrogen) atoms. The van der Waals surface area contributed by atoms with Crippen LogP contribution in [-0.2, 0) is 11.2 Å².